The summed E-state index contributed by atoms with van der Waals surface area (Å²) in [5.41, 5.74) is 2.47. The molecule has 21 heavy (non-hydrogen) atoms. The molecule has 0 fully saturated rings. The van der Waals surface area contributed by atoms with E-state index in [4.69, 9.17) is 11.6 Å². The van der Waals surface area contributed by atoms with Crippen LogP contribution in [0.1, 0.15) is 35.8 Å². The van der Waals surface area contributed by atoms with Gasteiger partial charge in [0.15, 0.2) is 0 Å². The second kappa shape index (κ2) is 7.14. The minimum absolute atomic E-state index is 0.0981. The summed E-state index contributed by atoms with van der Waals surface area (Å²) in [5.74, 6) is -0.0981. The smallest absolute Gasteiger partial charge is 0.253 e. The lowest BCUT2D eigenvalue weighted by Crippen LogP contribution is -2.27. The maximum absolute atomic E-state index is 12.4. The maximum Gasteiger partial charge on any atom is 0.253 e. The Morgan fingerprint density at radius 2 is 1.95 bits per heavy atom. The van der Waals surface area contributed by atoms with Crippen molar-refractivity contribution in [1.29, 1.82) is 0 Å². The Balaban J connectivity index is 2.14. The Bertz CT molecular complexity index is 628. The lowest BCUT2D eigenvalue weighted by atomic mass is 10.1. The number of nitrogens with one attached hydrogen (secondary N) is 2. The van der Waals surface area contributed by atoms with E-state index in [1.165, 1.54) is 0 Å². The number of hydrogen-bond acceptors (Lipinski definition) is 2. The number of halogens is 1. The second-order valence-electron chi connectivity index (χ2n) is 4.83. The van der Waals surface area contributed by atoms with E-state index >= 15 is 0 Å². The van der Waals surface area contributed by atoms with E-state index in [9.17, 15) is 4.79 Å². The van der Waals surface area contributed by atoms with E-state index in [1.54, 1.807) is 0 Å². The molecule has 0 spiro atoms. The van der Waals surface area contributed by atoms with Gasteiger partial charge in [0.25, 0.3) is 5.91 Å². The predicted molar refractivity (Wildman–Crippen MR) is 87.9 cm³/mol. The predicted octanol–water partition coefficient (Wildman–Crippen LogP) is 4.26. The molecule has 0 bridgehead atoms. The molecule has 0 aliphatic heterocycles. The van der Waals surface area contributed by atoms with E-state index in [0.717, 1.165) is 17.8 Å². The summed E-state index contributed by atoms with van der Waals surface area (Å²) in [5, 5.41) is 6.87. The zero-order valence-electron chi connectivity index (χ0n) is 12.2. The van der Waals surface area contributed by atoms with E-state index in [2.05, 4.69) is 10.6 Å². The zero-order valence-corrected chi connectivity index (χ0v) is 12.9. The van der Waals surface area contributed by atoms with E-state index in [1.807, 2.05) is 62.4 Å². The molecule has 0 heterocycles. The van der Waals surface area contributed by atoms with Gasteiger partial charge in [-0.3, -0.25) is 4.79 Å². The van der Waals surface area contributed by atoms with Crippen molar-refractivity contribution >= 4 is 23.2 Å². The van der Waals surface area contributed by atoms with Gasteiger partial charge in [0.2, 0.25) is 0 Å². The first-order valence-electron chi connectivity index (χ1n) is 7.01. The third-order valence-corrected chi connectivity index (χ3v) is 3.47. The molecule has 1 amide bonds. The van der Waals surface area contributed by atoms with Gasteiger partial charge in [-0.1, -0.05) is 35.9 Å². The fraction of sp³-hybridized carbons (Fsp3) is 0.235. The molecule has 110 valence electrons. The highest BCUT2D eigenvalue weighted by Crippen LogP contribution is 2.20. The van der Waals surface area contributed by atoms with Crippen molar-refractivity contribution in [3.05, 3.63) is 64.7 Å². The van der Waals surface area contributed by atoms with Crippen molar-refractivity contribution in [2.75, 3.05) is 11.9 Å². The molecular formula is C17H19ClN2O. The van der Waals surface area contributed by atoms with Gasteiger partial charge in [-0.15, -0.1) is 0 Å². The number of benzene rings is 2. The van der Waals surface area contributed by atoms with Crippen molar-refractivity contribution in [3.63, 3.8) is 0 Å². The van der Waals surface area contributed by atoms with Crippen LogP contribution in [0.25, 0.3) is 0 Å². The van der Waals surface area contributed by atoms with Gasteiger partial charge in [-0.2, -0.15) is 0 Å². The molecule has 0 aliphatic carbocycles. The summed E-state index contributed by atoms with van der Waals surface area (Å²) in [4.78, 5) is 12.4. The fourth-order valence-electron chi connectivity index (χ4n) is 2.16. The average molecular weight is 303 g/mol. The monoisotopic (exact) mass is 302 g/mol. The van der Waals surface area contributed by atoms with Crippen LogP contribution in [0.5, 0.6) is 0 Å². The third-order valence-electron chi connectivity index (χ3n) is 3.24. The van der Waals surface area contributed by atoms with Crippen LogP contribution >= 0.6 is 11.6 Å². The Hall–Kier alpha value is -2.00. The van der Waals surface area contributed by atoms with Crippen molar-refractivity contribution in [2.24, 2.45) is 0 Å². The van der Waals surface area contributed by atoms with Gasteiger partial charge in [0.1, 0.15) is 0 Å². The first kappa shape index (κ1) is 15.4. The lowest BCUT2D eigenvalue weighted by Gasteiger charge is -2.16. The molecule has 0 saturated carbocycles. The highest BCUT2D eigenvalue weighted by molar-refractivity contribution is 6.30. The lowest BCUT2D eigenvalue weighted by molar-refractivity contribution is 0.0940. The van der Waals surface area contributed by atoms with Crippen LogP contribution in [0, 0.1) is 0 Å². The molecule has 2 N–H and O–H groups in total. The summed E-state index contributed by atoms with van der Waals surface area (Å²) in [6, 6.07) is 14.9. The van der Waals surface area contributed by atoms with E-state index < -0.39 is 0 Å². The molecule has 0 saturated heterocycles. The van der Waals surface area contributed by atoms with Crippen LogP contribution in [0.2, 0.25) is 5.02 Å². The molecule has 4 heteroatoms. The first-order chi connectivity index (χ1) is 10.1. The van der Waals surface area contributed by atoms with Crippen LogP contribution in [0.15, 0.2) is 48.5 Å². The number of amides is 1. The molecule has 1 atom stereocenters. The van der Waals surface area contributed by atoms with Gasteiger partial charge in [0.05, 0.1) is 11.6 Å². The molecule has 3 nitrogen and oxygen atoms in total. The Morgan fingerprint density at radius 3 is 2.67 bits per heavy atom. The summed E-state index contributed by atoms with van der Waals surface area (Å²) < 4.78 is 0. The minimum Gasteiger partial charge on any atom is -0.385 e. The Kier molecular flexibility index (Phi) is 5.23. The fourth-order valence-corrected chi connectivity index (χ4v) is 2.36. The average Bonchev–Trinajstić information content (AvgIpc) is 2.48. The maximum atomic E-state index is 12.4. The number of para-hydroxylation sites is 1. The molecule has 2 aromatic rings. The van der Waals surface area contributed by atoms with Gasteiger partial charge in [0, 0.05) is 17.3 Å². The molecule has 0 radical (unpaired) electrons. The topological polar surface area (TPSA) is 41.1 Å². The molecule has 2 aromatic carbocycles. The van der Waals surface area contributed by atoms with Gasteiger partial charge in [-0.05, 0) is 43.7 Å². The number of carbonyl (C=O) groups is 1. The molecule has 0 unspecified atom stereocenters. The van der Waals surface area contributed by atoms with Crippen LogP contribution in [0.4, 0.5) is 5.69 Å². The number of anilines is 1. The van der Waals surface area contributed by atoms with Crippen molar-refractivity contribution < 1.29 is 4.79 Å². The van der Waals surface area contributed by atoms with Crippen LogP contribution in [0.3, 0.4) is 0 Å². The van der Waals surface area contributed by atoms with Gasteiger partial charge >= 0.3 is 0 Å². The first-order valence-corrected chi connectivity index (χ1v) is 7.39. The number of hydrogen-bond donors (Lipinski definition) is 2. The van der Waals surface area contributed by atoms with Crippen molar-refractivity contribution in [2.45, 2.75) is 19.9 Å². The Labute approximate surface area is 130 Å². The van der Waals surface area contributed by atoms with Crippen molar-refractivity contribution in [1.82, 2.24) is 5.32 Å². The molecule has 2 rings (SSSR count). The van der Waals surface area contributed by atoms with E-state index in [0.29, 0.717) is 10.6 Å². The normalized spacial score (nSPS) is 11.8. The summed E-state index contributed by atoms with van der Waals surface area (Å²) in [7, 11) is 0. The van der Waals surface area contributed by atoms with Crippen molar-refractivity contribution in [3.8, 4) is 0 Å². The Morgan fingerprint density at radius 1 is 1.19 bits per heavy atom. The summed E-state index contributed by atoms with van der Waals surface area (Å²) in [6.07, 6.45) is 0. The molecule has 0 aromatic heterocycles. The second-order valence-corrected chi connectivity index (χ2v) is 5.26. The standard InChI is InChI=1S/C17H19ClN2O/c1-3-19-16-10-5-4-9-15(16)17(21)20-12(2)13-7-6-8-14(18)11-13/h4-12,19H,3H2,1-2H3,(H,20,21)/t12-/m0/s1. The highest BCUT2D eigenvalue weighted by atomic mass is 35.5. The number of rotatable bonds is 5. The van der Waals surface area contributed by atoms with Gasteiger partial charge < -0.3 is 10.6 Å². The minimum atomic E-state index is -0.106. The van der Waals surface area contributed by atoms with Crippen LogP contribution in [-0.2, 0) is 0 Å². The summed E-state index contributed by atoms with van der Waals surface area (Å²) in [6.45, 7) is 4.72. The molecule has 0 aliphatic rings. The van der Waals surface area contributed by atoms with E-state index in [-0.39, 0.29) is 11.9 Å². The molecular weight excluding hydrogens is 284 g/mol. The third kappa shape index (κ3) is 3.99. The highest BCUT2D eigenvalue weighted by Gasteiger charge is 2.14. The quantitative estimate of drug-likeness (QED) is 0.866. The van der Waals surface area contributed by atoms with Gasteiger partial charge in [-0.25, -0.2) is 0 Å². The van der Waals surface area contributed by atoms with Crippen LogP contribution in [-0.4, -0.2) is 12.5 Å². The summed E-state index contributed by atoms with van der Waals surface area (Å²) >= 11 is 5.99. The SMILES string of the molecule is CCNc1ccccc1C(=O)N[C@@H](C)c1cccc(Cl)c1. The number of carbonyl (C=O) groups excluding carboxylic acids is 1. The zero-order chi connectivity index (χ0) is 15.2. The van der Waals surface area contributed by atoms with Crippen LogP contribution < -0.4 is 10.6 Å². The largest absolute Gasteiger partial charge is 0.385 e.